The molecule has 0 aliphatic carbocycles. The SMILES string of the molecule is CSC1=[N+]2c3ccccc3C[C@H]2CS1.[I-]. The summed E-state index contributed by atoms with van der Waals surface area (Å²) in [5, 5.41) is 0. The lowest BCUT2D eigenvalue weighted by Crippen LogP contribution is -3.00. The van der Waals surface area contributed by atoms with Gasteiger partial charge in [-0.2, -0.15) is 4.58 Å². The van der Waals surface area contributed by atoms with Crippen molar-refractivity contribution in [1.29, 1.82) is 0 Å². The fraction of sp³-hybridized carbons (Fsp3) is 0.364. The number of rotatable bonds is 0. The van der Waals surface area contributed by atoms with Gasteiger partial charge in [-0.1, -0.05) is 30.0 Å². The molecule has 0 spiro atoms. The maximum Gasteiger partial charge on any atom is 0.276 e. The summed E-state index contributed by atoms with van der Waals surface area (Å²) in [5.41, 5.74) is 2.95. The van der Waals surface area contributed by atoms with Crippen molar-refractivity contribution < 1.29 is 28.6 Å². The van der Waals surface area contributed by atoms with Gasteiger partial charge >= 0.3 is 0 Å². The zero-order chi connectivity index (χ0) is 9.54. The van der Waals surface area contributed by atoms with E-state index in [1.807, 2.05) is 23.5 Å². The molecule has 1 aromatic rings. The van der Waals surface area contributed by atoms with Crippen LogP contribution in [0.1, 0.15) is 5.56 Å². The van der Waals surface area contributed by atoms with E-state index in [0.717, 1.165) is 6.04 Å². The molecule has 1 nitrogen and oxygen atoms in total. The highest BCUT2D eigenvalue weighted by molar-refractivity contribution is 8.38. The smallest absolute Gasteiger partial charge is 0.276 e. The molecule has 0 aromatic heterocycles. The van der Waals surface area contributed by atoms with Crippen LogP contribution in [0.25, 0.3) is 0 Å². The molecule has 0 saturated heterocycles. The summed E-state index contributed by atoms with van der Waals surface area (Å²) in [6, 6.07) is 9.52. The monoisotopic (exact) mass is 349 g/mol. The molecule has 0 amide bonds. The number of para-hydroxylation sites is 1. The summed E-state index contributed by atoms with van der Waals surface area (Å²) in [4.78, 5) is 0. The fourth-order valence-corrected chi connectivity index (χ4v) is 4.34. The number of hydrogen-bond acceptors (Lipinski definition) is 2. The highest BCUT2D eigenvalue weighted by atomic mass is 127. The number of fused-ring (bicyclic) bond motifs is 3. The number of halogens is 1. The summed E-state index contributed by atoms with van der Waals surface area (Å²) in [5.74, 6) is 1.25. The van der Waals surface area contributed by atoms with E-state index in [2.05, 4.69) is 35.1 Å². The summed E-state index contributed by atoms with van der Waals surface area (Å²) >= 11 is 3.88. The Morgan fingerprint density at radius 1 is 1.40 bits per heavy atom. The Kier molecular flexibility index (Phi) is 3.67. The number of hydrogen-bond donors (Lipinski definition) is 0. The molecule has 0 N–H and O–H groups in total. The molecule has 0 unspecified atom stereocenters. The van der Waals surface area contributed by atoms with E-state index in [9.17, 15) is 0 Å². The van der Waals surface area contributed by atoms with Crippen LogP contribution in [-0.4, -0.2) is 27.0 Å². The quantitative estimate of drug-likeness (QED) is 0.468. The zero-order valence-electron chi connectivity index (χ0n) is 8.44. The molecule has 2 aliphatic rings. The largest absolute Gasteiger partial charge is 1.00 e. The lowest BCUT2D eigenvalue weighted by atomic mass is 10.1. The van der Waals surface area contributed by atoms with Crippen molar-refractivity contribution in [3.8, 4) is 0 Å². The van der Waals surface area contributed by atoms with Crippen molar-refractivity contribution in [2.45, 2.75) is 12.5 Å². The van der Waals surface area contributed by atoms with Gasteiger partial charge in [-0.15, -0.1) is 0 Å². The van der Waals surface area contributed by atoms with Gasteiger partial charge in [-0.3, -0.25) is 0 Å². The minimum absolute atomic E-state index is 0. The second-order valence-electron chi connectivity index (χ2n) is 3.64. The van der Waals surface area contributed by atoms with Crippen LogP contribution in [0.3, 0.4) is 0 Å². The Hall–Kier alpha value is 0.320. The predicted molar refractivity (Wildman–Crippen MR) is 64.8 cm³/mol. The first-order valence-electron chi connectivity index (χ1n) is 4.81. The lowest BCUT2D eigenvalue weighted by molar-refractivity contribution is -0.458. The molecule has 80 valence electrons. The Bertz CT molecular complexity index is 417. The van der Waals surface area contributed by atoms with Gasteiger partial charge in [-0.05, 0) is 18.0 Å². The van der Waals surface area contributed by atoms with Gasteiger partial charge in [0.25, 0.3) is 4.38 Å². The minimum Gasteiger partial charge on any atom is -1.00 e. The first-order valence-corrected chi connectivity index (χ1v) is 7.02. The summed E-state index contributed by atoms with van der Waals surface area (Å²) in [6.07, 6.45) is 3.40. The second kappa shape index (κ2) is 4.67. The molecule has 2 heterocycles. The first-order chi connectivity index (χ1) is 6.90. The van der Waals surface area contributed by atoms with Crippen LogP contribution in [0.4, 0.5) is 5.69 Å². The molecule has 0 radical (unpaired) electrons. The Morgan fingerprint density at radius 3 is 3.00 bits per heavy atom. The van der Waals surface area contributed by atoms with Gasteiger partial charge in [0.05, 0.1) is 5.75 Å². The Morgan fingerprint density at radius 2 is 2.20 bits per heavy atom. The molecule has 0 saturated carbocycles. The predicted octanol–water partition coefficient (Wildman–Crippen LogP) is -0.275. The summed E-state index contributed by atoms with van der Waals surface area (Å²) in [7, 11) is 0. The Balaban J connectivity index is 0.000000853. The van der Waals surface area contributed by atoms with Gasteiger partial charge in [0, 0.05) is 18.1 Å². The first kappa shape index (κ1) is 11.8. The number of nitrogens with zero attached hydrogens (tertiary/aromatic N) is 1. The van der Waals surface area contributed by atoms with Crippen molar-refractivity contribution in [3.63, 3.8) is 0 Å². The Labute approximate surface area is 116 Å². The molecule has 0 bridgehead atoms. The maximum absolute atomic E-state index is 2.52. The average Bonchev–Trinajstić information content (AvgIpc) is 2.75. The normalized spacial score (nSPS) is 22.3. The third kappa shape index (κ3) is 1.85. The average molecular weight is 349 g/mol. The molecule has 15 heavy (non-hydrogen) atoms. The van der Waals surface area contributed by atoms with Crippen LogP contribution in [0.2, 0.25) is 0 Å². The van der Waals surface area contributed by atoms with Crippen molar-refractivity contribution in [3.05, 3.63) is 29.8 Å². The van der Waals surface area contributed by atoms with E-state index < -0.39 is 0 Å². The summed E-state index contributed by atoms with van der Waals surface area (Å²) in [6.45, 7) is 0. The topological polar surface area (TPSA) is 3.01 Å². The third-order valence-corrected chi connectivity index (χ3v) is 5.24. The van der Waals surface area contributed by atoms with Gasteiger partial charge < -0.3 is 24.0 Å². The van der Waals surface area contributed by atoms with Gasteiger partial charge in [0.1, 0.15) is 0 Å². The molecular weight excluding hydrogens is 337 g/mol. The van der Waals surface area contributed by atoms with E-state index in [4.69, 9.17) is 0 Å². The molecule has 1 aromatic carbocycles. The zero-order valence-corrected chi connectivity index (χ0v) is 12.2. The molecule has 1 atom stereocenters. The van der Waals surface area contributed by atoms with Crippen molar-refractivity contribution >= 4 is 33.6 Å². The number of thioether (sulfide) groups is 2. The van der Waals surface area contributed by atoms with E-state index >= 15 is 0 Å². The molecular formula is C11H12INS2. The third-order valence-electron chi connectivity index (χ3n) is 2.84. The molecule has 2 aliphatic heterocycles. The van der Waals surface area contributed by atoms with Crippen LogP contribution < -0.4 is 24.0 Å². The standard InChI is InChI=1S/C11H12NS2.HI/c1-13-11-12-9(7-14-11)6-8-4-2-3-5-10(8)12;/h2-5,9H,6-7H2,1H3;1H/q+1;/p-1/t9-;/m0./s1. The minimum atomic E-state index is 0. The van der Waals surface area contributed by atoms with Gasteiger partial charge in [0.2, 0.25) is 5.69 Å². The lowest BCUT2D eigenvalue weighted by Gasteiger charge is -1.97. The molecule has 3 rings (SSSR count). The molecule has 4 heteroatoms. The van der Waals surface area contributed by atoms with Crippen molar-refractivity contribution in [1.82, 2.24) is 0 Å². The van der Waals surface area contributed by atoms with Gasteiger partial charge in [0.15, 0.2) is 6.04 Å². The van der Waals surface area contributed by atoms with Crippen molar-refractivity contribution in [2.75, 3.05) is 12.0 Å². The fourth-order valence-electron chi connectivity index (χ4n) is 2.24. The van der Waals surface area contributed by atoms with Crippen LogP contribution in [-0.2, 0) is 6.42 Å². The van der Waals surface area contributed by atoms with E-state index in [1.165, 1.54) is 27.8 Å². The van der Waals surface area contributed by atoms with E-state index in [0.29, 0.717) is 0 Å². The molecule has 0 fully saturated rings. The van der Waals surface area contributed by atoms with Gasteiger partial charge in [-0.25, -0.2) is 0 Å². The second-order valence-corrected chi connectivity index (χ2v) is 5.70. The van der Waals surface area contributed by atoms with Crippen molar-refractivity contribution in [2.24, 2.45) is 0 Å². The van der Waals surface area contributed by atoms with Crippen LogP contribution >= 0.6 is 23.5 Å². The highest BCUT2D eigenvalue weighted by Gasteiger charge is 2.41. The van der Waals surface area contributed by atoms with E-state index in [-0.39, 0.29) is 24.0 Å². The highest BCUT2D eigenvalue weighted by Crippen LogP contribution is 2.39. The van der Waals surface area contributed by atoms with Crippen LogP contribution in [0.15, 0.2) is 24.3 Å². The van der Waals surface area contributed by atoms with Crippen LogP contribution in [0.5, 0.6) is 0 Å². The van der Waals surface area contributed by atoms with E-state index in [1.54, 1.807) is 0 Å². The maximum atomic E-state index is 2.52. The number of benzene rings is 1. The summed E-state index contributed by atoms with van der Waals surface area (Å²) < 4.78 is 3.99. The van der Waals surface area contributed by atoms with Crippen LogP contribution in [0, 0.1) is 0 Å².